The van der Waals surface area contributed by atoms with Crippen molar-refractivity contribution in [2.75, 3.05) is 6.61 Å². The zero-order valence-electron chi connectivity index (χ0n) is 9.95. The van der Waals surface area contributed by atoms with E-state index in [2.05, 4.69) is 6.58 Å². The van der Waals surface area contributed by atoms with Crippen molar-refractivity contribution in [1.29, 1.82) is 0 Å². The highest BCUT2D eigenvalue weighted by molar-refractivity contribution is 5.87. The number of hydrogen-bond acceptors (Lipinski definition) is 3. The van der Waals surface area contributed by atoms with Gasteiger partial charge >= 0.3 is 5.97 Å². The SMILES string of the molecule is C=C(C)C(=O)OC(CCC)C(CC)CO. The van der Waals surface area contributed by atoms with Crippen molar-refractivity contribution in [3.63, 3.8) is 0 Å². The maximum absolute atomic E-state index is 11.4. The summed E-state index contributed by atoms with van der Waals surface area (Å²) in [7, 11) is 0. The lowest BCUT2D eigenvalue weighted by Gasteiger charge is -2.24. The van der Waals surface area contributed by atoms with Crippen LogP contribution in [0.15, 0.2) is 12.2 Å². The van der Waals surface area contributed by atoms with Gasteiger partial charge in [-0.2, -0.15) is 0 Å². The summed E-state index contributed by atoms with van der Waals surface area (Å²) in [4.78, 5) is 11.4. The minimum absolute atomic E-state index is 0.0354. The summed E-state index contributed by atoms with van der Waals surface area (Å²) in [6, 6.07) is 0. The second kappa shape index (κ2) is 7.46. The predicted octanol–water partition coefficient (Wildman–Crippen LogP) is 2.29. The molecule has 2 atom stereocenters. The van der Waals surface area contributed by atoms with Gasteiger partial charge in [0, 0.05) is 18.1 Å². The zero-order chi connectivity index (χ0) is 11.8. The van der Waals surface area contributed by atoms with E-state index in [0.29, 0.717) is 5.57 Å². The predicted molar refractivity (Wildman–Crippen MR) is 60.5 cm³/mol. The second-order valence-electron chi connectivity index (χ2n) is 3.86. The van der Waals surface area contributed by atoms with E-state index in [9.17, 15) is 4.79 Å². The molecule has 0 amide bonds. The molecule has 0 bridgehead atoms. The van der Waals surface area contributed by atoms with E-state index in [1.54, 1.807) is 6.92 Å². The largest absolute Gasteiger partial charge is 0.459 e. The Balaban J connectivity index is 4.37. The maximum atomic E-state index is 11.4. The molecule has 0 saturated carbocycles. The van der Waals surface area contributed by atoms with Crippen molar-refractivity contribution in [1.82, 2.24) is 0 Å². The van der Waals surface area contributed by atoms with Gasteiger partial charge in [0.15, 0.2) is 0 Å². The van der Waals surface area contributed by atoms with Crippen LogP contribution in [-0.4, -0.2) is 23.8 Å². The fourth-order valence-corrected chi connectivity index (χ4v) is 1.42. The minimum Gasteiger partial charge on any atom is -0.459 e. The summed E-state index contributed by atoms with van der Waals surface area (Å²) in [6.45, 7) is 9.25. The van der Waals surface area contributed by atoms with Gasteiger partial charge in [0.2, 0.25) is 0 Å². The van der Waals surface area contributed by atoms with Gasteiger partial charge in [0.1, 0.15) is 6.10 Å². The lowest BCUT2D eigenvalue weighted by atomic mass is 9.96. The number of esters is 1. The highest BCUT2D eigenvalue weighted by Crippen LogP contribution is 2.18. The van der Waals surface area contributed by atoms with Gasteiger partial charge in [0.25, 0.3) is 0 Å². The Morgan fingerprint density at radius 2 is 2.07 bits per heavy atom. The van der Waals surface area contributed by atoms with Crippen LogP contribution < -0.4 is 0 Å². The lowest BCUT2D eigenvalue weighted by Crippen LogP contribution is -2.29. The number of ether oxygens (including phenoxy) is 1. The first kappa shape index (κ1) is 14.2. The van der Waals surface area contributed by atoms with Crippen molar-refractivity contribution in [2.45, 2.75) is 46.1 Å². The smallest absolute Gasteiger partial charge is 0.333 e. The Morgan fingerprint density at radius 3 is 2.40 bits per heavy atom. The molecule has 0 aliphatic rings. The van der Waals surface area contributed by atoms with Gasteiger partial charge in [-0.3, -0.25) is 0 Å². The number of rotatable bonds is 7. The maximum Gasteiger partial charge on any atom is 0.333 e. The van der Waals surface area contributed by atoms with Crippen LogP contribution >= 0.6 is 0 Å². The molecule has 88 valence electrons. The van der Waals surface area contributed by atoms with Gasteiger partial charge in [-0.1, -0.05) is 26.8 Å². The van der Waals surface area contributed by atoms with Crippen molar-refractivity contribution in [3.8, 4) is 0 Å². The fourth-order valence-electron chi connectivity index (χ4n) is 1.42. The number of carbonyl (C=O) groups excluding carboxylic acids is 1. The first-order chi connectivity index (χ1) is 7.06. The van der Waals surface area contributed by atoms with E-state index >= 15 is 0 Å². The minimum atomic E-state index is -0.361. The van der Waals surface area contributed by atoms with E-state index in [0.717, 1.165) is 19.3 Å². The van der Waals surface area contributed by atoms with E-state index in [-0.39, 0.29) is 24.6 Å². The lowest BCUT2D eigenvalue weighted by molar-refractivity contribution is -0.148. The Morgan fingerprint density at radius 1 is 1.47 bits per heavy atom. The summed E-state index contributed by atoms with van der Waals surface area (Å²) in [5, 5.41) is 9.16. The summed E-state index contributed by atoms with van der Waals surface area (Å²) >= 11 is 0. The van der Waals surface area contributed by atoms with Crippen LogP contribution in [0.2, 0.25) is 0 Å². The summed E-state index contributed by atoms with van der Waals surface area (Å²) in [6.07, 6.45) is 2.35. The van der Waals surface area contributed by atoms with Gasteiger partial charge in [-0.25, -0.2) is 4.79 Å². The monoisotopic (exact) mass is 214 g/mol. The topological polar surface area (TPSA) is 46.5 Å². The number of aliphatic hydroxyl groups is 1. The molecular weight excluding hydrogens is 192 g/mol. The van der Waals surface area contributed by atoms with E-state index in [1.807, 2.05) is 13.8 Å². The van der Waals surface area contributed by atoms with Crippen molar-refractivity contribution in [2.24, 2.45) is 5.92 Å². The Hall–Kier alpha value is -0.830. The molecule has 0 aliphatic carbocycles. The highest BCUT2D eigenvalue weighted by atomic mass is 16.5. The van der Waals surface area contributed by atoms with E-state index in [1.165, 1.54) is 0 Å². The van der Waals surface area contributed by atoms with Crippen molar-refractivity contribution < 1.29 is 14.6 Å². The Bertz CT molecular complexity index is 207. The van der Waals surface area contributed by atoms with Crippen LogP contribution in [0.3, 0.4) is 0 Å². The molecule has 0 fully saturated rings. The molecule has 0 aromatic heterocycles. The molecular formula is C12H22O3. The van der Waals surface area contributed by atoms with Crippen LogP contribution in [-0.2, 0) is 9.53 Å². The first-order valence-corrected chi connectivity index (χ1v) is 5.54. The molecule has 3 nitrogen and oxygen atoms in total. The summed E-state index contributed by atoms with van der Waals surface area (Å²) < 4.78 is 5.30. The molecule has 15 heavy (non-hydrogen) atoms. The normalized spacial score (nSPS) is 14.4. The molecule has 0 aromatic carbocycles. The third-order valence-corrected chi connectivity index (χ3v) is 2.46. The Labute approximate surface area is 92.1 Å². The number of carbonyl (C=O) groups is 1. The molecule has 2 unspecified atom stereocenters. The molecule has 3 heteroatoms. The van der Waals surface area contributed by atoms with Crippen LogP contribution in [0.4, 0.5) is 0 Å². The average Bonchev–Trinajstić information content (AvgIpc) is 2.19. The summed E-state index contributed by atoms with van der Waals surface area (Å²) in [5.74, 6) is -0.325. The average molecular weight is 214 g/mol. The standard InChI is InChI=1S/C12H22O3/c1-5-7-11(10(6-2)8-13)15-12(14)9(3)4/h10-11,13H,3,5-8H2,1-2,4H3. The molecule has 0 spiro atoms. The molecule has 0 aliphatic heterocycles. The van der Waals surface area contributed by atoms with Gasteiger partial charge in [-0.05, 0) is 19.8 Å². The summed E-state index contributed by atoms with van der Waals surface area (Å²) in [5.41, 5.74) is 0.406. The first-order valence-electron chi connectivity index (χ1n) is 5.54. The van der Waals surface area contributed by atoms with Crippen LogP contribution in [0.1, 0.15) is 40.0 Å². The molecule has 1 N–H and O–H groups in total. The van der Waals surface area contributed by atoms with Crippen molar-refractivity contribution in [3.05, 3.63) is 12.2 Å². The van der Waals surface area contributed by atoms with E-state index < -0.39 is 0 Å². The fraction of sp³-hybridized carbons (Fsp3) is 0.750. The molecule has 0 radical (unpaired) electrons. The van der Waals surface area contributed by atoms with Gasteiger partial charge in [-0.15, -0.1) is 0 Å². The van der Waals surface area contributed by atoms with Gasteiger partial charge in [0.05, 0.1) is 0 Å². The molecule has 0 heterocycles. The molecule has 0 saturated heterocycles. The quantitative estimate of drug-likeness (QED) is 0.522. The Kier molecular flexibility index (Phi) is 7.05. The van der Waals surface area contributed by atoms with Crippen LogP contribution in [0.25, 0.3) is 0 Å². The third kappa shape index (κ3) is 4.98. The van der Waals surface area contributed by atoms with Crippen LogP contribution in [0.5, 0.6) is 0 Å². The molecule has 0 aromatic rings. The second-order valence-corrected chi connectivity index (χ2v) is 3.86. The van der Waals surface area contributed by atoms with Crippen molar-refractivity contribution >= 4 is 5.97 Å². The van der Waals surface area contributed by atoms with Gasteiger partial charge < -0.3 is 9.84 Å². The number of hydrogen-bond donors (Lipinski definition) is 1. The molecule has 0 rings (SSSR count). The number of aliphatic hydroxyl groups excluding tert-OH is 1. The third-order valence-electron chi connectivity index (χ3n) is 2.46. The van der Waals surface area contributed by atoms with Crippen LogP contribution in [0, 0.1) is 5.92 Å². The zero-order valence-corrected chi connectivity index (χ0v) is 9.95. The van der Waals surface area contributed by atoms with E-state index in [4.69, 9.17) is 9.84 Å². The highest BCUT2D eigenvalue weighted by Gasteiger charge is 2.22.